The first-order chi connectivity index (χ1) is 26.3. The van der Waals surface area contributed by atoms with Gasteiger partial charge in [-0.2, -0.15) is 0 Å². The minimum atomic E-state index is -0.668. The lowest BCUT2D eigenvalue weighted by Crippen LogP contribution is -2.38. The van der Waals surface area contributed by atoms with Crippen LogP contribution >= 0.6 is 0 Å². The zero-order valence-electron chi connectivity index (χ0n) is 36.5. The van der Waals surface area contributed by atoms with Crippen LogP contribution in [0.1, 0.15) is 118 Å². The number of esters is 2. The van der Waals surface area contributed by atoms with Crippen LogP contribution in [-0.4, -0.2) is 82.5 Å². The summed E-state index contributed by atoms with van der Waals surface area (Å²) in [5.41, 5.74) is 2.07. The first-order valence-corrected chi connectivity index (χ1v) is 20.4. The smallest absolute Gasteiger partial charge is 0.410 e. The molecule has 11 heteroatoms. The van der Waals surface area contributed by atoms with E-state index in [9.17, 15) is 19.2 Å². The molecule has 0 aromatic heterocycles. The molecule has 0 unspecified atom stereocenters. The second-order valence-corrected chi connectivity index (χ2v) is 19.5. The van der Waals surface area contributed by atoms with Crippen LogP contribution in [0, 0.1) is 17.8 Å². The van der Waals surface area contributed by atoms with E-state index < -0.39 is 28.3 Å². The highest BCUT2D eigenvalue weighted by molar-refractivity contribution is 5.94. The molecule has 2 heterocycles. The molecule has 11 nitrogen and oxygen atoms in total. The van der Waals surface area contributed by atoms with Crippen molar-refractivity contribution in [2.45, 2.75) is 138 Å². The summed E-state index contributed by atoms with van der Waals surface area (Å²) in [5, 5.41) is 3.55. The van der Waals surface area contributed by atoms with Gasteiger partial charge in [-0.05, 0) is 137 Å². The monoisotopic (exact) mass is 789 g/mol. The quantitative estimate of drug-likeness (QED) is 0.135. The van der Waals surface area contributed by atoms with Gasteiger partial charge in [-0.3, -0.25) is 4.79 Å². The van der Waals surface area contributed by atoms with Gasteiger partial charge in [0, 0.05) is 50.8 Å². The van der Waals surface area contributed by atoms with Crippen LogP contribution < -0.4 is 5.32 Å². The Balaban J connectivity index is 1.44. The SMILES string of the molecule is CC(C)(C)OC(=O)/C(=C/c1cccc(CNCc2cccc(C[C@H](C(=O)OC(C)(C)C)[C@H]3CCN(C(=O)OC(C)(C)C)C3)c2)c1)[C@H]1CCN(C(=O)OC(C)(C)C)C1. The van der Waals surface area contributed by atoms with E-state index >= 15 is 0 Å². The molecule has 314 valence electrons. The molecular formula is C46H67N3O8. The number of hydrogen-bond acceptors (Lipinski definition) is 9. The zero-order valence-corrected chi connectivity index (χ0v) is 36.5. The number of amides is 2. The van der Waals surface area contributed by atoms with E-state index in [0.29, 0.717) is 64.1 Å². The molecule has 2 fully saturated rings. The lowest BCUT2D eigenvalue weighted by atomic mass is 9.85. The average Bonchev–Trinajstić information content (AvgIpc) is 3.75. The van der Waals surface area contributed by atoms with Crippen molar-refractivity contribution in [2.75, 3.05) is 26.2 Å². The van der Waals surface area contributed by atoms with Crippen molar-refractivity contribution in [3.8, 4) is 0 Å². The van der Waals surface area contributed by atoms with E-state index in [-0.39, 0.29) is 36.0 Å². The summed E-state index contributed by atoms with van der Waals surface area (Å²) in [6.45, 7) is 25.3. The Bertz CT molecular complexity index is 1760. The van der Waals surface area contributed by atoms with Gasteiger partial charge in [-0.1, -0.05) is 48.5 Å². The molecular weight excluding hydrogens is 723 g/mol. The molecule has 2 aromatic rings. The highest BCUT2D eigenvalue weighted by Crippen LogP contribution is 2.32. The average molecular weight is 790 g/mol. The summed E-state index contributed by atoms with van der Waals surface area (Å²) in [6, 6.07) is 16.3. The van der Waals surface area contributed by atoms with E-state index in [4.69, 9.17) is 18.9 Å². The van der Waals surface area contributed by atoms with Crippen LogP contribution in [0.2, 0.25) is 0 Å². The highest BCUT2D eigenvalue weighted by Gasteiger charge is 2.39. The maximum absolute atomic E-state index is 13.6. The molecule has 0 radical (unpaired) electrons. The molecule has 2 saturated heterocycles. The van der Waals surface area contributed by atoms with Gasteiger partial charge in [0.1, 0.15) is 22.4 Å². The van der Waals surface area contributed by atoms with Crippen molar-refractivity contribution in [3.05, 3.63) is 76.4 Å². The third-order valence-corrected chi connectivity index (χ3v) is 9.45. The van der Waals surface area contributed by atoms with Crippen molar-refractivity contribution in [1.29, 1.82) is 0 Å². The Morgan fingerprint density at radius 3 is 1.75 bits per heavy atom. The lowest BCUT2D eigenvalue weighted by Gasteiger charge is -2.28. The molecule has 1 N–H and O–H groups in total. The van der Waals surface area contributed by atoms with Crippen molar-refractivity contribution in [1.82, 2.24) is 15.1 Å². The minimum absolute atomic E-state index is 0.0520. The van der Waals surface area contributed by atoms with Crippen molar-refractivity contribution in [2.24, 2.45) is 17.8 Å². The van der Waals surface area contributed by atoms with E-state index in [2.05, 4.69) is 23.5 Å². The second-order valence-electron chi connectivity index (χ2n) is 19.5. The first kappa shape index (κ1) is 45.3. The maximum atomic E-state index is 13.6. The summed E-state index contributed by atoms with van der Waals surface area (Å²) in [6.07, 6.45) is 2.99. The van der Waals surface area contributed by atoms with Crippen LogP contribution in [0.3, 0.4) is 0 Å². The molecule has 2 aromatic carbocycles. The summed E-state index contributed by atoms with van der Waals surface area (Å²) >= 11 is 0. The number of benzene rings is 2. The number of ether oxygens (including phenoxy) is 4. The molecule has 2 aliphatic rings. The fraction of sp³-hybridized carbons (Fsp3) is 0.609. The molecule has 2 amide bonds. The van der Waals surface area contributed by atoms with Gasteiger partial charge in [0.25, 0.3) is 0 Å². The van der Waals surface area contributed by atoms with Gasteiger partial charge in [-0.25, -0.2) is 14.4 Å². The van der Waals surface area contributed by atoms with Gasteiger partial charge in [0.2, 0.25) is 0 Å². The van der Waals surface area contributed by atoms with Crippen molar-refractivity contribution >= 4 is 30.2 Å². The van der Waals surface area contributed by atoms with E-state index in [1.165, 1.54) is 0 Å². The number of nitrogens with one attached hydrogen (secondary N) is 1. The Kier molecular flexibility index (Phi) is 14.7. The third kappa shape index (κ3) is 15.1. The Morgan fingerprint density at radius 2 is 1.18 bits per heavy atom. The predicted molar refractivity (Wildman–Crippen MR) is 222 cm³/mol. The molecule has 4 rings (SSSR count). The van der Waals surface area contributed by atoms with E-state index in [0.717, 1.165) is 22.3 Å². The summed E-state index contributed by atoms with van der Waals surface area (Å²) in [5.74, 6) is -1.29. The number of likely N-dealkylation sites (tertiary alicyclic amines) is 2. The van der Waals surface area contributed by atoms with Gasteiger partial charge in [0.05, 0.1) is 5.92 Å². The van der Waals surface area contributed by atoms with Crippen molar-refractivity contribution in [3.63, 3.8) is 0 Å². The number of rotatable bonds is 11. The second kappa shape index (κ2) is 18.5. The van der Waals surface area contributed by atoms with Crippen LogP contribution in [0.5, 0.6) is 0 Å². The Hall–Kier alpha value is -4.38. The summed E-state index contributed by atoms with van der Waals surface area (Å²) in [7, 11) is 0. The van der Waals surface area contributed by atoms with Gasteiger partial charge in [-0.15, -0.1) is 0 Å². The number of nitrogens with zero attached hydrogens (tertiary/aromatic N) is 2. The van der Waals surface area contributed by atoms with Crippen molar-refractivity contribution < 1.29 is 38.1 Å². The molecule has 0 aliphatic carbocycles. The van der Waals surface area contributed by atoms with Crippen LogP contribution in [-0.2, 0) is 48.0 Å². The molecule has 2 aliphatic heterocycles. The molecule has 0 bridgehead atoms. The molecule has 3 atom stereocenters. The van der Waals surface area contributed by atoms with E-state index in [1.807, 2.05) is 119 Å². The van der Waals surface area contributed by atoms with Crippen LogP contribution in [0.4, 0.5) is 9.59 Å². The van der Waals surface area contributed by atoms with Crippen LogP contribution in [0.15, 0.2) is 54.1 Å². The van der Waals surface area contributed by atoms with Gasteiger partial charge in [0.15, 0.2) is 0 Å². The molecule has 0 saturated carbocycles. The first-order valence-electron chi connectivity index (χ1n) is 20.4. The largest absolute Gasteiger partial charge is 0.460 e. The zero-order chi connectivity index (χ0) is 42.3. The fourth-order valence-electron chi connectivity index (χ4n) is 7.06. The van der Waals surface area contributed by atoms with Crippen LogP contribution in [0.25, 0.3) is 6.08 Å². The summed E-state index contributed by atoms with van der Waals surface area (Å²) in [4.78, 5) is 56.2. The maximum Gasteiger partial charge on any atom is 0.410 e. The third-order valence-electron chi connectivity index (χ3n) is 9.45. The fourth-order valence-corrected chi connectivity index (χ4v) is 7.06. The Morgan fingerprint density at radius 1 is 0.667 bits per heavy atom. The molecule has 57 heavy (non-hydrogen) atoms. The predicted octanol–water partition coefficient (Wildman–Crippen LogP) is 8.72. The summed E-state index contributed by atoms with van der Waals surface area (Å²) < 4.78 is 22.9. The molecule has 0 spiro atoms. The number of hydrogen-bond donors (Lipinski definition) is 1. The minimum Gasteiger partial charge on any atom is -0.460 e. The standard InChI is InChI=1S/C46H67N3O8/c1-43(2,3)54-39(50)37(35-19-21-48(29-35)41(52)56-45(7,8)9)25-31-15-13-17-33(23-31)27-47-28-34-18-14-16-32(24-34)26-38(40(51)55-44(4,5)6)36-20-22-49(30-36)42(53)57-46(10,11)12/h13-18,23-25,35-36,38,47H,19-22,26-30H2,1-12H3/b37-25+/t35-,36-,38-/m0/s1. The van der Waals surface area contributed by atoms with E-state index in [1.54, 1.807) is 9.80 Å². The number of carbonyl (C=O) groups excluding carboxylic acids is 4. The topological polar surface area (TPSA) is 124 Å². The number of carbonyl (C=O) groups is 4. The lowest BCUT2D eigenvalue weighted by molar-refractivity contribution is -0.162. The van der Waals surface area contributed by atoms with Gasteiger partial charge < -0.3 is 34.1 Å². The normalized spacial score (nSPS) is 18.6. The van der Waals surface area contributed by atoms with Gasteiger partial charge >= 0.3 is 24.1 Å². The highest BCUT2D eigenvalue weighted by atomic mass is 16.6. The Labute approximate surface area is 340 Å².